The van der Waals surface area contributed by atoms with Crippen LogP contribution in [-0.2, 0) is 30.0 Å². The van der Waals surface area contributed by atoms with Crippen LogP contribution in [0.25, 0.3) is 0 Å². The topological polar surface area (TPSA) is 131 Å². The molecule has 2 unspecified atom stereocenters. The van der Waals surface area contributed by atoms with E-state index in [0.717, 1.165) is 12.8 Å². The third-order valence-corrected chi connectivity index (χ3v) is 10.9. The van der Waals surface area contributed by atoms with Gasteiger partial charge in [-0.25, -0.2) is 14.0 Å². The van der Waals surface area contributed by atoms with E-state index in [-0.39, 0.29) is 51.5 Å². The Balaban J connectivity index is 1.54. The second-order valence-electron chi connectivity index (χ2n) is 16.7. The summed E-state index contributed by atoms with van der Waals surface area (Å²) in [5.74, 6) is -2.19. The molecule has 0 aromatic heterocycles. The Morgan fingerprint density at radius 2 is 1.65 bits per heavy atom. The van der Waals surface area contributed by atoms with Crippen LogP contribution in [0, 0.1) is 23.1 Å². The van der Waals surface area contributed by atoms with Gasteiger partial charge in [0.05, 0.1) is 31.9 Å². The summed E-state index contributed by atoms with van der Waals surface area (Å²) in [5.41, 5.74) is -1.69. The Hall–Kier alpha value is -3.55. The first kappa shape index (κ1) is 39.7. The van der Waals surface area contributed by atoms with E-state index >= 15 is 4.39 Å². The maximum Gasteiger partial charge on any atom is 0.482 e. The molecule has 2 bridgehead atoms. The molecule has 1 heterocycles. The average molecular weight is 745 g/mol. The molecule has 2 N–H and O–H groups in total. The van der Waals surface area contributed by atoms with E-state index in [4.69, 9.17) is 39.9 Å². The third kappa shape index (κ3) is 7.87. The number of methoxy groups -OCH3 is 2. The number of hydrogen-bond acceptors (Lipinski definition) is 9. The van der Waals surface area contributed by atoms with Gasteiger partial charge in [-0.1, -0.05) is 37.6 Å². The largest absolute Gasteiger partial charge is 0.496 e. The number of amides is 2. The molecular formula is C38H51BClFN2O9. The van der Waals surface area contributed by atoms with Crippen LogP contribution in [0.2, 0.25) is 5.02 Å². The molecule has 2 aromatic rings. The molecule has 1 saturated heterocycles. The highest BCUT2D eigenvalue weighted by Gasteiger charge is 2.68. The summed E-state index contributed by atoms with van der Waals surface area (Å²) < 4.78 is 51.3. The van der Waals surface area contributed by atoms with Crippen molar-refractivity contribution in [2.24, 2.45) is 17.3 Å². The van der Waals surface area contributed by atoms with E-state index in [1.54, 1.807) is 59.7 Å². The lowest BCUT2D eigenvalue weighted by molar-refractivity contribution is -0.199. The first-order valence-electron chi connectivity index (χ1n) is 17.6. The predicted molar refractivity (Wildman–Crippen MR) is 194 cm³/mol. The summed E-state index contributed by atoms with van der Waals surface area (Å²) in [7, 11) is 1.84. The maximum absolute atomic E-state index is 15.8. The highest BCUT2D eigenvalue weighted by atomic mass is 35.5. The fourth-order valence-corrected chi connectivity index (χ4v) is 8.16. The van der Waals surface area contributed by atoms with E-state index in [1.807, 2.05) is 0 Å². The average Bonchev–Trinajstić information content (AvgIpc) is 3.40. The molecule has 11 nitrogen and oxygen atoms in total. The Kier molecular flexibility index (Phi) is 11.0. The van der Waals surface area contributed by atoms with Gasteiger partial charge in [-0.3, -0.25) is 4.79 Å². The number of para-hydroxylation sites is 1. The number of carbonyl (C=O) groups excluding carboxylic acids is 3. The predicted octanol–water partition coefficient (Wildman–Crippen LogP) is 7.01. The molecule has 0 radical (unpaired) electrons. The van der Waals surface area contributed by atoms with Gasteiger partial charge in [0, 0.05) is 5.56 Å². The highest BCUT2D eigenvalue weighted by molar-refractivity contribution is 6.48. The zero-order valence-corrected chi connectivity index (χ0v) is 32.7. The van der Waals surface area contributed by atoms with Crippen LogP contribution in [0.3, 0.4) is 0 Å². The fraction of sp³-hybridized carbons (Fsp3) is 0.605. The molecule has 3 saturated carbocycles. The van der Waals surface area contributed by atoms with Gasteiger partial charge < -0.3 is 38.9 Å². The number of benzene rings is 2. The molecule has 52 heavy (non-hydrogen) atoms. The SMILES string of the molecule is COc1ccc(C(NC(=O)OC(C)(C)C)C(=O)NC(Cc2cccc(C(=O)OC(C)(C)C)c2OC)B2O[C@@H]3C[C@@H]4C[C@@H](C4(C)C)[C@]3(C)O2)c(F)c1Cl. The number of carbonyl (C=O) groups is 3. The zero-order chi connectivity index (χ0) is 38.6. The van der Waals surface area contributed by atoms with Gasteiger partial charge in [0.2, 0.25) is 5.91 Å². The number of esters is 1. The van der Waals surface area contributed by atoms with Crippen molar-refractivity contribution in [1.29, 1.82) is 0 Å². The number of alkyl carbamates (subject to hydrolysis) is 1. The molecule has 0 spiro atoms. The molecular weight excluding hydrogens is 694 g/mol. The zero-order valence-electron chi connectivity index (χ0n) is 31.9. The van der Waals surface area contributed by atoms with E-state index < -0.39 is 59.7 Å². The van der Waals surface area contributed by atoms with Crippen LogP contribution in [0.1, 0.15) is 103 Å². The number of ether oxygens (including phenoxy) is 4. The van der Waals surface area contributed by atoms with Crippen molar-refractivity contribution in [2.75, 3.05) is 14.2 Å². The van der Waals surface area contributed by atoms with Crippen LogP contribution in [0.4, 0.5) is 9.18 Å². The minimum absolute atomic E-state index is 0.0547. The van der Waals surface area contributed by atoms with E-state index in [9.17, 15) is 14.4 Å². The molecule has 2 aromatic carbocycles. The van der Waals surface area contributed by atoms with Gasteiger partial charge in [0.25, 0.3) is 0 Å². The molecule has 284 valence electrons. The summed E-state index contributed by atoms with van der Waals surface area (Å²) in [6.07, 6.45) is 0.709. The Labute approximate surface area is 311 Å². The molecule has 6 atom stereocenters. The van der Waals surface area contributed by atoms with Crippen LogP contribution >= 0.6 is 11.6 Å². The summed E-state index contributed by atoms with van der Waals surface area (Å²) in [4.78, 5) is 40.8. The van der Waals surface area contributed by atoms with E-state index in [2.05, 4.69) is 31.4 Å². The highest BCUT2D eigenvalue weighted by Crippen LogP contribution is 2.65. The second-order valence-corrected chi connectivity index (χ2v) is 17.1. The molecule has 6 rings (SSSR count). The maximum atomic E-state index is 15.8. The van der Waals surface area contributed by atoms with Gasteiger partial charge in [0.1, 0.15) is 39.3 Å². The number of halogens is 2. The van der Waals surface area contributed by atoms with Crippen molar-refractivity contribution in [3.63, 3.8) is 0 Å². The second kappa shape index (κ2) is 14.4. The minimum Gasteiger partial charge on any atom is -0.496 e. The van der Waals surface area contributed by atoms with Gasteiger partial charge >= 0.3 is 19.2 Å². The fourth-order valence-electron chi connectivity index (χ4n) is 7.91. The molecule has 14 heteroatoms. The van der Waals surface area contributed by atoms with Crippen molar-refractivity contribution < 1.29 is 47.0 Å². The van der Waals surface area contributed by atoms with Crippen LogP contribution < -0.4 is 20.1 Å². The van der Waals surface area contributed by atoms with Crippen molar-refractivity contribution >= 4 is 36.7 Å². The van der Waals surface area contributed by atoms with Gasteiger partial charge in [-0.05, 0) is 109 Å². The quantitative estimate of drug-likeness (QED) is 0.195. The van der Waals surface area contributed by atoms with Crippen molar-refractivity contribution in [1.82, 2.24) is 10.6 Å². The monoisotopic (exact) mass is 744 g/mol. The number of nitrogens with one attached hydrogen (secondary N) is 2. The molecule has 2 amide bonds. The number of hydrogen-bond donors (Lipinski definition) is 2. The standard InChI is InChI=1S/C38H51BClFN2O9/c1-35(2,3)49-33(45)23-14-12-13-20(31(23)48-11)17-27(39-51-26-19-21-18-25(37(21,7)8)38(26,9)52-39)42-32(44)30(43-34(46)50-36(4,5)6)22-15-16-24(47-10)28(40)29(22)41/h12-16,21,25-27,30H,17-19H2,1-11H3,(H,42,44)(H,43,46)/t21-,25-,26+,27?,30?,38-/m0/s1. The smallest absolute Gasteiger partial charge is 0.482 e. The third-order valence-electron chi connectivity index (χ3n) is 10.5. The van der Waals surface area contributed by atoms with Crippen molar-refractivity contribution in [2.45, 2.75) is 116 Å². The van der Waals surface area contributed by atoms with E-state index in [1.165, 1.54) is 26.4 Å². The Morgan fingerprint density at radius 3 is 2.25 bits per heavy atom. The van der Waals surface area contributed by atoms with Crippen LogP contribution in [0.15, 0.2) is 30.3 Å². The van der Waals surface area contributed by atoms with Gasteiger partial charge in [0.15, 0.2) is 5.82 Å². The van der Waals surface area contributed by atoms with Gasteiger partial charge in [-0.15, -0.1) is 0 Å². The summed E-state index contributed by atoms with van der Waals surface area (Å²) in [6.45, 7) is 16.9. The summed E-state index contributed by atoms with van der Waals surface area (Å²) in [6, 6.07) is 6.21. The van der Waals surface area contributed by atoms with Crippen LogP contribution in [0.5, 0.6) is 11.5 Å². The lowest BCUT2D eigenvalue weighted by atomic mass is 9.43. The molecule has 3 aliphatic carbocycles. The van der Waals surface area contributed by atoms with Crippen molar-refractivity contribution in [3.8, 4) is 11.5 Å². The number of rotatable bonds is 10. The molecule has 1 aliphatic heterocycles. The normalized spacial score (nSPS) is 24.5. The Bertz CT molecular complexity index is 1710. The van der Waals surface area contributed by atoms with E-state index in [0.29, 0.717) is 11.5 Å². The Morgan fingerprint density at radius 1 is 0.981 bits per heavy atom. The lowest BCUT2D eigenvalue weighted by Gasteiger charge is -2.64. The van der Waals surface area contributed by atoms with Crippen molar-refractivity contribution in [3.05, 3.63) is 57.9 Å². The summed E-state index contributed by atoms with van der Waals surface area (Å²) in [5, 5.41) is 5.16. The van der Waals surface area contributed by atoms with Gasteiger partial charge in [-0.2, -0.15) is 0 Å². The minimum atomic E-state index is -1.60. The molecule has 4 aliphatic rings. The van der Waals surface area contributed by atoms with Crippen LogP contribution in [-0.4, -0.2) is 68.2 Å². The first-order chi connectivity index (χ1) is 24.1. The lowest BCUT2D eigenvalue weighted by Crippen LogP contribution is -2.65. The summed E-state index contributed by atoms with van der Waals surface area (Å²) >= 11 is 6.28. The molecule has 4 fully saturated rings. The first-order valence-corrected chi connectivity index (χ1v) is 18.0.